The van der Waals surface area contributed by atoms with Crippen LogP contribution in [-0.4, -0.2) is 36.7 Å². The summed E-state index contributed by atoms with van der Waals surface area (Å²) in [5, 5.41) is 10.1. The minimum atomic E-state index is 0.0839. The van der Waals surface area contributed by atoms with E-state index in [1.54, 1.807) is 11.3 Å². The standard InChI is InChI=1S/C21H35N3O2S/c1-15(2)13-19(25)24-20(21-22-9-12-27-21)17-5-3-16(4-6-17)14-23-18-7-10-26-11-8-18/h9,12,15-18,20,23H,3-8,10-11,13-14H2,1-2H3,(H,24,25)/t16?,17?,20-/m1/s1. The number of nitrogens with zero attached hydrogens (tertiary/aromatic N) is 1. The Balaban J connectivity index is 1.49. The number of hydrogen-bond acceptors (Lipinski definition) is 5. The quantitative estimate of drug-likeness (QED) is 0.703. The Bertz CT molecular complexity index is 550. The number of carbonyl (C=O) groups is 1. The molecule has 1 amide bonds. The van der Waals surface area contributed by atoms with Crippen LogP contribution in [0.5, 0.6) is 0 Å². The van der Waals surface area contributed by atoms with Gasteiger partial charge in [-0.2, -0.15) is 0 Å². The number of thiazole rings is 1. The lowest BCUT2D eigenvalue weighted by Crippen LogP contribution is -2.40. The number of ether oxygens (including phenoxy) is 1. The molecule has 1 aliphatic carbocycles. The lowest BCUT2D eigenvalue weighted by atomic mass is 9.78. The molecule has 1 atom stereocenters. The first-order valence-electron chi connectivity index (χ1n) is 10.6. The van der Waals surface area contributed by atoms with Gasteiger partial charge in [-0.25, -0.2) is 4.98 Å². The molecule has 27 heavy (non-hydrogen) atoms. The van der Waals surface area contributed by atoms with Gasteiger partial charge in [0.1, 0.15) is 5.01 Å². The zero-order chi connectivity index (χ0) is 19.1. The summed E-state index contributed by atoms with van der Waals surface area (Å²) in [6.07, 6.45) is 9.55. The predicted molar refractivity (Wildman–Crippen MR) is 110 cm³/mol. The first kappa shape index (κ1) is 20.7. The van der Waals surface area contributed by atoms with Gasteiger partial charge < -0.3 is 15.4 Å². The topological polar surface area (TPSA) is 63.2 Å². The number of nitrogens with one attached hydrogen (secondary N) is 2. The van der Waals surface area contributed by atoms with Gasteiger partial charge in [0.2, 0.25) is 5.91 Å². The minimum absolute atomic E-state index is 0.0839. The first-order valence-corrected chi connectivity index (χ1v) is 11.5. The summed E-state index contributed by atoms with van der Waals surface area (Å²) in [6.45, 7) is 7.11. The van der Waals surface area contributed by atoms with Crippen LogP contribution in [0.3, 0.4) is 0 Å². The Kier molecular flexibility index (Phi) is 8.09. The van der Waals surface area contributed by atoms with Gasteiger partial charge >= 0.3 is 0 Å². The van der Waals surface area contributed by atoms with Crippen molar-refractivity contribution < 1.29 is 9.53 Å². The highest BCUT2D eigenvalue weighted by Crippen LogP contribution is 2.37. The maximum absolute atomic E-state index is 12.4. The van der Waals surface area contributed by atoms with E-state index in [2.05, 4.69) is 29.5 Å². The normalized spacial score (nSPS) is 25.4. The fraction of sp³-hybridized carbons (Fsp3) is 0.810. The third-order valence-electron chi connectivity index (χ3n) is 5.91. The van der Waals surface area contributed by atoms with E-state index in [9.17, 15) is 4.79 Å². The van der Waals surface area contributed by atoms with Crippen molar-refractivity contribution in [3.05, 3.63) is 16.6 Å². The van der Waals surface area contributed by atoms with Gasteiger partial charge in [-0.1, -0.05) is 13.8 Å². The van der Waals surface area contributed by atoms with E-state index in [-0.39, 0.29) is 11.9 Å². The zero-order valence-corrected chi connectivity index (χ0v) is 17.6. The van der Waals surface area contributed by atoms with Crippen LogP contribution in [-0.2, 0) is 9.53 Å². The Morgan fingerprint density at radius 3 is 2.59 bits per heavy atom. The van der Waals surface area contributed by atoms with E-state index in [1.165, 1.54) is 25.7 Å². The molecular formula is C21H35N3O2S. The van der Waals surface area contributed by atoms with E-state index in [0.29, 0.717) is 24.3 Å². The summed E-state index contributed by atoms with van der Waals surface area (Å²) in [4.78, 5) is 16.9. The molecule has 2 fully saturated rings. The summed E-state index contributed by atoms with van der Waals surface area (Å²) in [6, 6.07) is 0.718. The molecule has 1 saturated heterocycles. The highest BCUT2D eigenvalue weighted by atomic mass is 32.1. The van der Waals surface area contributed by atoms with E-state index in [0.717, 1.165) is 43.5 Å². The Labute approximate surface area is 167 Å². The SMILES string of the molecule is CC(C)CC(=O)N[C@@H](c1nccs1)C1CCC(CNC2CCOCC2)CC1. The van der Waals surface area contributed by atoms with E-state index in [1.807, 2.05) is 11.6 Å². The molecule has 152 valence electrons. The van der Waals surface area contributed by atoms with Gasteiger partial charge in [0.25, 0.3) is 0 Å². The number of hydrogen-bond donors (Lipinski definition) is 2. The van der Waals surface area contributed by atoms with E-state index < -0.39 is 0 Å². The second-order valence-electron chi connectivity index (χ2n) is 8.59. The summed E-state index contributed by atoms with van der Waals surface area (Å²) in [5.74, 6) is 1.81. The van der Waals surface area contributed by atoms with Crippen molar-refractivity contribution in [1.29, 1.82) is 0 Å². The molecule has 1 aliphatic heterocycles. The second-order valence-corrected chi connectivity index (χ2v) is 9.52. The van der Waals surface area contributed by atoms with Crippen LogP contribution in [0.1, 0.15) is 69.8 Å². The maximum atomic E-state index is 12.4. The van der Waals surface area contributed by atoms with E-state index in [4.69, 9.17) is 4.74 Å². The Hall–Kier alpha value is -0.980. The van der Waals surface area contributed by atoms with Crippen LogP contribution in [0.4, 0.5) is 0 Å². The third-order valence-corrected chi connectivity index (χ3v) is 6.77. The van der Waals surface area contributed by atoms with Gasteiger partial charge in [-0.05, 0) is 62.8 Å². The molecule has 3 rings (SSSR count). The van der Waals surface area contributed by atoms with Crippen LogP contribution in [0.2, 0.25) is 0 Å². The van der Waals surface area contributed by atoms with Crippen molar-refractivity contribution >= 4 is 17.2 Å². The molecule has 6 heteroatoms. The Morgan fingerprint density at radius 1 is 1.22 bits per heavy atom. The lowest BCUT2D eigenvalue weighted by Gasteiger charge is -2.34. The fourth-order valence-corrected chi connectivity index (χ4v) is 5.11. The van der Waals surface area contributed by atoms with Gasteiger partial charge in [0, 0.05) is 37.3 Å². The van der Waals surface area contributed by atoms with Gasteiger partial charge in [-0.15, -0.1) is 11.3 Å². The molecule has 2 aliphatic rings. The highest BCUT2D eigenvalue weighted by molar-refractivity contribution is 7.09. The summed E-state index contributed by atoms with van der Waals surface area (Å²) in [5.41, 5.74) is 0. The van der Waals surface area contributed by atoms with Crippen molar-refractivity contribution in [2.45, 2.75) is 70.9 Å². The van der Waals surface area contributed by atoms with Crippen molar-refractivity contribution in [1.82, 2.24) is 15.6 Å². The van der Waals surface area contributed by atoms with Crippen molar-refractivity contribution in [3.63, 3.8) is 0 Å². The predicted octanol–water partition coefficient (Wildman–Crippen LogP) is 3.92. The molecule has 0 aromatic carbocycles. The second kappa shape index (κ2) is 10.5. The van der Waals surface area contributed by atoms with Gasteiger partial charge in [0.05, 0.1) is 6.04 Å². The molecule has 0 unspecified atom stereocenters. The molecule has 0 spiro atoms. The van der Waals surface area contributed by atoms with Gasteiger partial charge in [-0.3, -0.25) is 4.79 Å². The molecule has 2 N–H and O–H groups in total. The fourth-order valence-electron chi connectivity index (χ4n) is 4.33. The van der Waals surface area contributed by atoms with Crippen LogP contribution >= 0.6 is 11.3 Å². The van der Waals surface area contributed by atoms with Crippen LogP contribution in [0, 0.1) is 17.8 Å². The lowest BCUT2D eigenvalue weighted by molar-refractivity contribution is -0.123. The molecule has 1 saturated carbocycles. The molecule has 0 radical (unpaired) electrons. The number of carbonyl (C=O) groups excluding carboxylic acids is 1. The third kappa shape index (κ3) is 6.54. The van der Waals surface area contributed by atoms with Crippen molar-refractivity contribution in [2.75, 3.05) is 19.8 Å². The minimum Gasteiger partial charge on any atom is -0.381 e. The molecule has 0 bridgehead atoms. The molecule has 1 aromatic rings. The highest BCUT2D eigenvalue weighted by Gasteiger charge is 2.31. The molecular weight excluding hydrogens is 358 g/mol. The van der Waals surface area contributed by atoms with Gasteiger partial charge in [0.15, 0.2) is 0 Å². The smallest absolute Gasteiger partial charge is 0.220 e. The van der Waals surface area contributed by atoms with Crippen molar-refractivity contribution in [3.8, 4) is 0 Å². The first-order chi connectivity index (χ1) is 13.1. The largest absolute Gasteiger partial charge is 0.381 e. The molecule has 2 heterocycles. The average Bonchev–Trinajstić information content (AvgIpc) is 3.20. The van der Waals surface area contributed by atoms with Crippen LogP contribution < -0.4 is 10.6 Å². The van der Waals surface area contributed by atoms with E-state index >= 15 is 0 Å². The summed E-state index contributed by atoms with van der Waals surface area (Å²) < 4.78 is 5.44. The number of amides is 1. The molecule has 1 aromatic heterocycles. The number of aromatic nitrogens is 1. The summed E-state index contributed by atoms with van der Waals surface area (Å²) >= 11 is 1.67. The summed E-state index contributed by atoms with van der Waals surface area (Å²) in [7, 11) is 0. The van der Waals surface area contributed by atoms with Crippen LogP contribution in [0.25, 0.3) is 0 Å². The monoisotopic (exact) mass is 393 g/mol. The average molecular weight is 394 g/mol. The Morgan fingerprint density at radius 2 is 1.96 bits per heavy atom. The van der Waals surface area contributed by atoms with Crippen LogP contribution in [0.15, 0.2) is 11.6 Å². The number of rotatable bonds is 8. The molecule has 5 nitrogen and oxygen atoms in total. The zero-order valence-electron chi connectivity index (χ0n) is 16.8. The maximum Gasteiger partial charge on any atom is 0.220 e. The van der Waals surface area contributed by atoms with Crippen molar-refractivity contribution in [2.24, 2.45) is 17.8 Å².